The molecule has 1 spiro atoms. The van der Waals surface area contributed by atoms with E-state index >= 15 is 0 Å². The van der Waals surface area contributed by atoms with E-state index in [2.05, 4.69) is 10.3 Å². The normalized spacial score (nSPS) is 29.7. The summed E-state index contributed by atoms with van der Waals surface area (Å²) in [4.78, 5) is 46.1. The SMILES string of the molecule is O=C(c1cc2c(F)cc(F)cc2[nH]1)N1CCC2(CC1)C(=O)NC[C@@H]2C(=O)N1[C@H]2CC[C@H]1CC(O)C2. The molecule has 1 aromatic heterocycles. The van der Waals surface area contributed by atoms with Crippen molar-refractivity contribution in [2.75, 3.05) is 19.6 Å². The summed E-state index contributed by atoms with van der Waals surface area (Å²) in [7, 11) is 0. The predicted molar refractivity (Wildman–Crippen MR) is 121 cm³/mol. The molecule has 0 saturated carbocycles. The molecular weight excluding hydrogens is 458 g/mol. The first kappa shape index (κ1) is 22.5. The molecule has 2 aromatic rings. The first-order chi connectivity index (χ1) is 16.8. The van der Waals surface area contributed by atoms with Gasteiger partial charge in [-0.15, -0.1) is 0 Å². The number of aromatic amines is 1. The second kappa shape index (κ2) is 8.01. The van der Waals surface area contributed by atoms with Gasteiger partial charge in [0.15, 0.2) is 0 Å². The summed E-state index contributed by atoms with van der Waals surface area (Å²) in [5.74, 6) is -2.46. The summed E-state index contributed by atoms with van der Waals surface area (Å²) >= 11 is 0. The van der Waals surface area contributed by atoms with Gasteiger partial charge >= 0.3 is 0 Å². The van der Waals surface area contributed by atoms with Crippen molar-refractivity contribution in [2.24, 2.45) is 11.3 Å². The Balaban J connectivity index is 1.19. The molecule has 3 N–H and O–H groups in total. The number of halogens is 2. The van der Waals surface area contributed by atoms with E-state index in [1.165, 1.54) is 6.07 Å². The minimum absolute atomic E-state index is 0.0179. The minimum Gasteiger partial charge on any atom is -0.393 e. The molecule has 4 aliphatic rings. The van der Waals surface area contributed by atoms with Crippen LogP contribution in [0.1, 0.15) is 49.0 Å². The van der Waals surface area contributed by atoms with Gasteiger partial charge in [-0.25, -0.2) is 8.78 Å². The molecule has 1 aromatic carbocycles. The van der Waals surface area contributed by atoms with E-state index in [0.29, 0.717) is 25.7 Å². The molecule has 3 amide bonds. The summed E-state index contributed by atoms with van der Waals surface area (Å²) in [5.41, 5.74) is -0.493. The minimum atomic E-state index is -0.862. The van der Waals surface area contributed by atoms with Gasteiger partial charge in [0.25, 0.3) is 5.91 Å². The third-order valence-corrected chi connectivity index (χ3v) is 8.67. The number of nitrogens with zero attached hydrogens (tertiary/aromatic N) is 2. The number of carbonyl (C=O) groups is 3. The van der Waals surface area contributed by atoms with Crippen LogP contribution in [0.2, 0.25) is 0 Å². The van der Waals surface area contributed by atoms with E-state index < -0.39 is 23.0 Å². The van der Waals surface area contributed by atoms with E-state index in [1.54, 1.807) is 4.90 Å². The van der Waals surface area contributed by atoms with Gasteiger partial charge < -0.3 is 25.2 Å². The number of benzene rings is 1. The van der Waals surface area contributed by atoms with Crippen molar-refractivity contribution in [1.29, 1.82) is 0 Å². The van der Waals surface area contributed by atoms with Crippen LogP contribution in [0.25, 0.3) is 10.9 Å². The molecule has 35 heavy (non-hydrogen) atoms. The van der Waals surface area contributed by atoms with Crippen molar-refractivity contribution in [3.05, 3.63) is 35.5 Å². The number of rotatable bonds is 2. The second-order valence-electron chi connectivity index (χ2n) is 10.5. The van der Waals surface area contributed by atoms with Gasteiger partial charge in [0, 0.05) is 43.2 Å². The van der Waals surface area contributed by atoms with Crippen molar-refractivity contribution < 1.29 is 28.3 Å². The van der Waals surface area contributed by atoms with Crippen LogP contribution in [-0.2, 0) is 9.59 Å². The van der Waals surface area contributed by atoms with Crippen LogP contribution in [0.3, 0.4) is 0 Å². The van der Waals surface area contributed by atoms with Crippen LogP contribution in [0.4, 0.5) is 8.78 Å². The van der Waals surface area contributed by atoms with Crippen molar-refractivity contribution in [2.45, 2.75) is 56.7 Å². The fraction of sp³-hybridized carbons (Fsp3) is 0.560. The number of carbonyl (C=O) groups excluding carboxylic acids is 3. The molecule has 4 aliphatic heterocycles. The highest BCUT2D eigenvalue weighted by Crippen LogP contribution is 2.46. The molecule has 0 aliphatic carbocycles. The van der Waals surface area contributed by atoms with Gasteiger partial charge in [-0.05, 0) is 50.7 Å². The molecule has 8 nitrogen and oxygen atoms in total. The standard InChI is InChI=1S/C25H28F2N4O4/c26-13-7-19(27)17-11-21(29-20(17)8-13)23(34)30-5-3-25(4-6-30)18(12-28-24(25)35)22(33)31-14-1-2-15(31)10-16(32)9-14/h7-8,11,14-16,18,29,32H,1-6,9-10,12H2,(H,28,35)/t14-,15-,18+/m0/s1. The number of nitrogens with one attached hydrogen (secondary N) is 2. The number of hydrogen-bond acceptors (Lipinski definition) is 4. The van der Waals surface area contributed by atoms with Crippen LogP contribution in [0, 0.1) is 23.0 Å². The number of piperidine rings is 2. The molecule has 0 unspecified atom stereocenters. The molecule has 0 radical (unpaired) electrons. The van der Waals surface area contributed by atoms with Crippen LogP contribution in [0.5, 0.6) is 0 Å². The van der Waals surface area contributed by atoms with E-state index in [4.69, 9.17) is 0 Å². The summed E-state index contributed by atoms with van der Waals surface area (Å²) in [6.45, 7) is 0.860. The predicted octanol–water partition coefficient (Wildman–Crippen LogP) is 1.93. The van der Waals surface area contributed by atoms with Crippen LogP contribution in [0.15, 0.2) is 18.2 Å². The maximum Gasteiger partial charge on any atom is 0.270 e. The highest BCUT2D eigenvalue weighted by Gasteiger charge is 2.57. The van der Waals surface area contributed by atoms with Crippen molar-refractivity contribution in [3.63, 3.8) is 0 Å². The number of aliphatic hydroxyl groups excluding tert-OH is 1. The fourth-order valence-electron chi connectivity index (χ4n) is 6.87. The Hall–Kier alpha value is -3.01. The van der Waals surface area contributed by atoms with E-state index in [0.717, 1.165) is 25.0 Å². The molecule has 6 rings (SSSR count). The number of likely N-dealkylation sites (tertiary alicyclic amines) is 1. The number of aliphatic hydroxyl groups is 1. The highest BCUT2D eigenvalue weighted by atomic mass is 19.1. The fourth-order valence-corrected chi connectivity index (χ4v) is 6.87. The van der Waals surface area contributed by atoms with Gasteiger partial charge in [0.1, 0.15) is 17.3 Å². The Kier molecular flexibility index (Phi) is 5.14. The third kappa shape index (κ3) is 3.44. The Bertz CT molecular complexity index is 1210. The largest absolute Gasteiger partial charge is 0.393 e. The van der Waals surface area contributed by atoms with E-state index in [-0.39, 0.29) is 72.1 Å². The lowest BCUT2D eigenvalue weighted by atomic mass is 9.69. The maximum absolute atomic E-state index is 14.1. The number of H-pyrrole nitrogens is 1. The lowest BCUT2D eigenvalue weighted by Crippen LogP contribution is -2.55. The zero-order valence-corrected chi connectivity index (χ0v) is 19.2. The molecule has 4 saturated heterocycles. The summed E-state index contributed by atoms with van der Waals surface area (Å²) < 4.78 is 27.6. The van der Waals surface area contributed by atoms with E-state index in [9.17, 15) is 28.3 Å². The summed E-state index contributed by atoms with van der Waals surface area (Å²) in [5, 5.41) is 13.1. The number of hydrogen-bond donors (Lipinski definition) is 3. The van der Waals surface area contributed by atoms with Gasteiger partial charge in [-0.3, -0.25) is 14.4 Å². The lowest BCUT2D eigenvalue weighted by molar-refractivity contribution is -0.150. The Morgan fingerprint density at radius 1 is 1.06 bits per heavy atom. The highest BCUT2D eigenvalue weighted by molar-refractivity contribution is 5.99. The average molecular weight is 487 g/mol. The molecular formula is C25H28F2N4O4. The third-order valence-electron chi connectivity index (χ3n) is 8.67. The molecule has 186 valence electrons. The van der Waals surface area contributed by atoms with Crippen LogP contribution in [-0.4, -0.2) is 75.4 Å². The monoisotopic (exact) mass is 486 g/mol. The first-order valence-electron chi connectivity index (χ1n) is 12.3. The molecule has 4 fully saturated rings. The van der Waals surface area contributed by atoms with Crippen molar-refractivity contribution in [3.8, 4) is 0 Å². The molecule has 3 atom stereocenters. The topological polar surface area (TPSA) is 106 Å². The Morgan fingerprint density at radius 2 is 1.74 bits per heavy atom. The first-order valence-corrected chi connectivity index (χ1v) is 12.3. The van der Waals surface area contributed by atoms with Crippen LogP contribution < -0.4 is 5.32 Å². The average Bonchev–Trinajstić information content (AvgIpc) is 3.47. The van der Waals surface area contributed by atoms with Crippen molar-refractivity contribution in [1.82, 2.24) is 20.1 Å². The summed E-state index contributed by atoms with van der Waals surface area (Å²) in [6.07, 6.45) is 3.27. The van der Waals surface area contributed by atoms with Crippen LogP contribution >= 0.6 is 0 Å². The Labute approximate surface area is 200 Å². The second-order valence-corrected chi connectivity index (χ2v) is 10.5. The van der Waals surface area contributed by atoms with Crippen molar-refractivity contribution >= 4 is 28.6 Å². The quantitative estimate of drug-likeness (QED) is 0.603. The van der Waals surface area contributed by atoms with Gasteiger partial charge in [-0.2, -0.15) is 0 Å². The number of aromatic nitrogens is 1. The summed E-state index contributed by atoms with van der Waals surface area (Å²) in [6, 6.07) is 3.36. The number of amides is 3. The number of fused-ring (bicyclic) bond motifs is 3. The van der Waals surface area contributed by atoms with Gasteiger partial charge in [-0.1, -0.05) is 0 Å². The molecule has 2 bridgehead atoms. The van der Waals surface area contributed by atoms with Gasteiger partial charge in [0.2, 0.25) is 11.8 Å². The molecule has 5 heterocycles. The van der Waals surface area contributed by atoms with Gasteiger partial charge in [0.05, 0.1) is 23.0 Å². The maximum atomic E-state index is 14.1. The Morgan fingerprint density at radius 3 is 2.43 bits per heavy atom. The van der Waals surface area contributed by atoms with E-state index in [1.807, 2.05) is 4.90 Å². The zero-order chi connectivity index (χ0) is 24.5. The molecule has 10 heteroatoms. The lowest BCUT2D eigenvalue weighted by Gasteiger charge is -2.44. The smallest absolute Gasteiger partial charge is 0.270 e. The zero-order valence-electron chi connectivity index (χ0n) is 19.2.